The van der Waals surface area contributed by atoms with Crippen LogP contribution < -0.4 is 10.6 Å². The van der Waals surface area contributed by atoms with Crippen molar-refractivity contribution in [3.63, 3.8) is 0 Å². The summed E-state index contributed by atoms with van der Waals surface area (Å²) in [6.45, 7) is 5.42. The highest BCUT2D eigenvalue weighted by atomic mass is 15.2. The van der Waals surface area contributed by atoms with Crippen molar-refractivity contribution in [1.29, 1.82) is 0 Å². The lowest BCUT2D eigenvalue weighted by molar-refractivity contribution is 0.552. The van der Waals surface area contributed by atoms with E-state index in [1.807, 2.05) is 13.1 Å². The zero-order chi connectivity index (χ0) is 13.0. The molecule has 1 aromatic rings. The quantitative estimate of drug-likeness (QED) is 0.891. The molecule has 18 heavy (non-hydrogen) atoms. The Balaban J connectivity index is 2.16. The van der Waals surface area contributed by atoms with Crippen LogP contribution in [-0.4, -0.2) is 17.6 Å². The molecule has 0 radical (unpaired) electrons. The predicted molar refractivity (Wildman–Crippen MR) is 76.7 cm³/mol. The molecule has 3 heteroatoms. The van der Waals surface area contributed by atoms with Crippen molar-refractivity contribution < 1.29 is 0 Å². The lowest BCUT2D eigenvalue weighted by atomic mass is 10.1. The fraction of sp³-hybridized carbons (Fsp3) is 0.667. The van der Waals surface area contributed by atoms with E-state index in [-0.39, 0.29) is 6.04 Å². The Morgan fingerprint density at radius 2 is 2.22 bits per heavy atom. The van der Waals surface area contributed by atoms with E-state index in [1.54, 1.807) is 0 Å². The Kier molecular flexibility index (Phi) is 4.59. The second-order valence-corrected chi connectivity index (χ2v) is 5.34. The van der Waals surface area contributed by atoms with Gasteiger partial charge in [0.2, 0.25) is 0 Å². The largest absolute Gasteiger partial charge is 0.354 e. The van der Waals surface area contributed by atoms with E-state index in [2.05, 4.69) is 28.9 Å². The number of hydrogen-bond acceptors (Lipinski definition) is 3. The second kappa shape index (κ2) is 6.19. The van der Waals surface area contributed by atoms with Crippen molar-refractivity contribution in [1.82, 2.24) is 4.98 Å². The smallest absolute Gasteiger partial charge is 0.128 e. The first kappa shape index (κ1) is 13.3. The summed E-state index contributed by atoms with van der Waals surface area (Å²) in [5.74, 6) is 1.12. The van der Waals surface area contributed by atoms with Gasteiger partial charge in [-0.1, -0.05) is 25.8 Å². The van der Waals surface area contributed by atoms with Gasteiger partial charge in [0, 0.05) is 24.8 Å². The molecule has 1 aromatic heterocycles. The molecule has 1 aliphatic rings. The van der Waals surface area contributed by atoms with Gasteiger partial charge in [0.15, 0.2) is 0 Å². The van der Waals surface area contributed by atoms with E-state index in [1.165, 1.54) is 32.1 Å². The van der Waals surface area contributed by atoms with Crippen LogP contribution in [-0.2, 0) is 0 Å². The number of nitrogens with zero attached hydrogens (tertiary/aromatic N) is 2. The van der Waals surface area contributed by atoms with Crippen molar-refractivity contribution in [2.24, 2.45) is 5.73 Å². The molecule has 2 rings (SSSR count). The van der Waals surface area contributed by atoms with Gasteiger partial charge in [0.25, 0.3) is 0 Å². The monoisotopic (exact) mass is 247 g/mol. The first-order chi connectivity index (χ1) is 8.72. The number of anilines is 1. The van der Waals surface area contributed by atoms with Crippen LogP contribution in [0.4, 0.5) is 5.82 Å². The summed E-state index contributed by atoms with van der Waals surface area (Å²) in [5.41, 5.74) is 6.98. The van der Waals surface area contributed by atoms with Crippen molar-refractivity contribution in [3.05, 3.63) is 23.9 Å². The summed E-state index contributed by atoms with van der Waals surface area (Å²) in [5, 5.41) is 0. The molecule has 0 aromatic carbocycles. The Bertz CT molecular complexity index is 359. The third-order valence-corrected chi connectivity index (χ3v) is 3.94. The van der Waals surface area contributed by atoms with Gasteiger partial charge in [-0.25, -0.2) is 4.98 Å². The Morgan fingerprint density at radius 3 is 2.83 bits per heavy atom. The van der Waals surface area contributed by atoms with Gasteiger partial charge < -0.3 is 10.6 Å². The fourth-order valence-corrected chi connectivity index (χ4v) is 2.74. The average molecular weight is 247 g/mol. The highest BCUT2D eigenvalue weighted by Crippen LogP contribution is 2.24. The molecule has 1 fully saturated rings. The Hall–Kier alpha value is -1.09. The highest BCUT2D eigenvalue weighted by Gasteiger charge is 2.20. The first-order valence-corrected chi connectivity index (χ1v) is 7.20. The zero-order valence-corrected chi connectivity index (χ0v) is 11.6. The molecule has 1 saturated heterocycles. The Labute approximate surface area is 110 Å². The third-order valence-electron chi connectivity index (χ3n) is 3.94. The Morgan fingerprint density at radius 1 is 1.39 bits per heavy atom. The topological polar surface area (TPSA) is 42.1 Å². The molecule has 0 bridgehead atoms. The molecule has 2 heterocycles. The van der Waals surface area contributed by atoms with Crippen LogP contribution in [0, 0.1) is 0 Å². The molecular weight excluding hydrogens is 222 g/mol. The van der Waals surface area contributed by atoms with Crippen molar-refractivity contribution >= 4 is 5.82 Å². The van der Waals surface area contributed by atoms with E-state index in [4.69, 9.17) is 5.73 Å². The maximum absolute atomic E-state index is 5.87. The van der Waals surface area contributed by atoms with Gasteiger partial charge in [0.1, 0.15) is 5.82 Å². The zero-order valence-electron chi connectivity index (χ0n) is 11.6. The number of hydrogen-bond donors (Lipinski definition) is 1. The number of rotatable bonds is 3. The summed E-state index contributed by atoms with van der Waals surface area (Å²) in [6.07, 6.45) is 8.42. The lowest BCUT2D eigenvalue weighted by Crippen LogP contribution is -2.35. The normalized spacial score (nSPS) is 22.6. The number of nitrogens with two attached hydrogens (primary N) is 1. The molecule has 0 amide bonds. The third kappa shape index (κ3) is 3.02. The van der Waals surface area contributed by atoms with E-state index in [0.717, 1.165) is 17.9 Å². The van der Waals surface area contributed by atoms with Crippen molar-refractivity contribution in [3.8, 4) is 0 Å². The van der Waals surface area contributed by atoms with E-state index in [9.17, 15) is 0 Å². The van der Waals surface area contributed by atoms with Crippen molar-refractivity contribution in [2.75, 3.05) is 11.4 Å². The summed E-state index contributed by atoms with van der Waals surface area (Å²) in [4.78, 5) is 7.09. The minimum atomic E-state index is 0.0673. The molecule has 3 nitrogen and oxygen atoms in total. The van der Waals surface area contributed by atoms with Crippen LogP contribution >= 0.6 is 0 Å². The average Bonchev–Trinajstić information content (AvgIpc) is 2.63. The number of aromatic nitrogens is 1. The van der Waals surface area contributed by atoms with Crippen LogP contribution in [0.2, 0.25) is 0 Å². The summed E-state index contributed by atoms with van der Waals surface area (Å²) in [7, 11) is 0. The van der Waals surface area contributed by atoms with Crippen LogP contribution in [0.5, 0.6) is 0 Å². The van der Waals surface area contributed by atoms with Crippen LogP contribution in [0.3, 0.4) is 0 Å². The minimum Gasteiger partial charge on any atom is -0.354 e. The van der Waals surface area contributed by atoms with Gasteiger partial charge in [-0.2, -0.15) is 0 Å². The molecule has 100 valence electrons. The van der Waals surface area contributed by atoms with Gasteiger partial charge in [-0.15, -0.1) is 0 Å². The fourth-order valence-electron chi connectivity index (χ4n) is 2.74. The van der Waals surface area contributed by atoms with Crippen molar-refractivity contribution in [2.45, 2.75) is 58.0 Å². The molecule has 1 unspecified atom stereocenters. The molecule has 0 saturated carbocycles. The summed E-state index contributed by atoms with van der Waals surface area (Å²) < 4.78 is 0. The highest BCUT2D eigenvalue weighted by molar-refractivity contribution is 5.41. The van der Waals surface area contributed by atoms with Gasteiger partial charge in [-0.3, -0.25) is 0 Å². The second-order valence-electron chi connectivity index (χ2n) is 5.34. The minimum absolute atomic E-state index is 0.0673. The standard InChI is InChI=1S/C15H25N3/c1-3-14-7-5-4-6-10-18(14)15-9-8-13(11-17-15)12(2)16/h8-9,11-12,14H,3-7,10,16H2,1-2H3/t12-,14?/m0/s1. The lowest BCUT2D eigenvalue weighted by Gasteiger charge is -2.30. The van der Waals surface area contributed by atoms with Crippen LogP contribution in [0.25, 0.3) is 0 Å². The van der Waals surface area contributed by atoms with Gasteiger partial charge >= 0.3 is 0 Å². The van der Waals surface area contributed by atoms with Crippen LogP contribution in [0.1, 0.15) is 57.6 Å². The molecule has 0 spiro atoms. The molecule has 2 atom stereocenters. The predicted octanol–water partition coefficient (Wildman–Crippen LogP) is 3.26. The molecule has 2 N–H and O–H groups in total. The van der Waals surface area contributed by atoms with Gasteiger partial charge in [-0.05, 0) is 37.8 Å². The van der Waals surface area contributed by atoms with Crippen LogP contribution in [0.15, 0.2) is 18.3 Å². The first-order valence-electron chi connectivity index (χ1n) is 7.20. The number of pyridine rings is 1. The van der Waals surface area contributed by atoms with E-state index >= 15 is 0 Å². The molecular formula is C15H25N3. The maximum atomic E-state index is 5.87. The molecule has 1 aliphatic heterocycles. The molecule has 0 aliphatic carbocycles. The van der Waals surface area contributed by atoms with Gasteiger partial charge in [0.05, 0.1) is 0 Å². The maximum Gasteiger partial charge on any atom is 0.128 e. The van der Waals surface area contributed by atoms with E-state index < -0.39 is 0 Å². The van der Waals surface area contributed by atoms with E-state index in [0.29, 0.717) is 6.04 Å². The summed E-state index contributed by atoms with van der Waals surface area (Å²) in [6, 6.07) is 4.97. The summed E-state index contributed by atoms with van der Waals surface area (Å²) >= 11 is 0. The SMILES string of the molecule is CCC1CCCCCN1c1ccc([C@H](C)N)cn1.